The van der Waals surface area contributed by atoms with E-state index in [-0.39, 0.29) is 0 Å². The molecule has 0 saturated carbocycles. The van der Waals surface area contributed by atoms with E-state index in [0.29, 0.717) is 12.5 Å². The molecular formula is C10H20N2O2S. The van der Waals surface area contributed by atoms with Crippen LogP contribution in [0, 0.1) is 0 Å². The number of ether oxygens (including phenoxy) is 1. The van der Waals surface area contributed by atoms with Gasteiger partial charge in [0.15, 0.2) is 0 Å². The van der Waals surface area contributed by atoms with Gasteiger partial charge in [-0.15, -0.1) is 0 Å². The summed E-state index contributed by atoms with van der Waals surface area (Å²) >= 11 is 1.78. The summed E-state index contributed by atoms with van der Waals surface area (Å²) in [5, 5.41) is 0. The fraction of sp³-hybridized carbons (Fsp3) is 0.900. The summed E-state index contributed by atoms with van der Waals surface area (Å²) in [4.78, 5) is 10.9. The molecule has 1 aliphatic rings. The van der Waals surface area contributed by atoms with Gasteiger partial charge in [-0.25, -0.2) is 0 Å². The van der Waals surface area contributed by atoms with Crippen molar-refractivity contribution in [1.29, 1.82) is 0 Å². The van der Waals surface area contributed by atoms with E-state index in [0.717, 1.165) is 24.5 Å². The lowest BCUT2D eigenvalue weighted by molar-refractivity contribution is -0.122. The van der Waals surface area contributed by atoms with Gasteiger partial charge in [0.1, 0.15) is 0 Å². The Balaban J connectivity index is 2.08. The van der Waals surface area contributed by atoms with Crippen molar-refractivity contribution < 1.29 is 9.53 Å². The van der Waals surface area contributed by atoms with Crippen molar-refractivity contribution in [3.63, 3.8) is 0 Å². The molecular weight excluding hydrogens is 212 g/mol. The highest BCUT2D eigenvalue weighted by Crippen LogP contribution is 2.19. The molecule has 4 N–H and O–H groups in total. The Bertz CT molecular complexity index is 215. The topological polar surface area (TPSA) is 78.3 Å². The van der Waals surface area contributed by atoms with Crippen LogP contribution in [0.2, 0.25) is 0 Å². The third kappa shape index (κ3) is 4.40. The average molecular weight is 232 g/mol. The molecule has 0 aromatic rings. The zero-order valence-corrected chi connectivity index (χ0v) is 10.0. The lowest BCUT2D eigenvalue weighted by atomic mass is 10.0. The van der Waals surface area contributed by atoms with E-state index in [1.165, 1.54) is 6.42 Å². The first-order chi connectivity index (χ1) is 7.02. The van der Waals surface area contributed by atoms with Gasteiger partial charge in [-0.3, -0.25) is 4.79 Å². The number of rotatable bonds is 6. The van der Waals surface area contributed by atoms with Crippen LogP contribution in [0.15, 0.2) is 0 Å². The molecule has 4 nitrogen and oxygen atoms in total. The second-order valence-corrected chi connectivity index (χ2v) is 5.39. The Kier molecular flexibility index (Phi) is 4.89. The lowest BCUT2D eigenvalue weighted by Gasteiger charge is -2.20. The highest BCUT2D eigenvalue weighted by molar-refractivity contribution is 7.99. The van der Waals surface area contributed by atoms with Gasteiger partial charge in [0.2, 0.25) is 5.91 Å². The van der Waals surface area contributed by atoms with Gasteiger partial charge in [-0.05, 0) is 31.9 Å². The normalized spacial score (nSPS) is 25.1. The minimum Gasteiger partial charge on any atom is -0.377 e. The number of hydrogen-bond donors (Lipinski definition) is 2. The van der Waals surface area contributed by atoms with Crippen molar-refractivity contribution in [2.24, 2.45) is 11.5 Å². The molecule has 5 heteroatoms. The van der Waals surface area contributed by atoms with Crippen LogP contribution in [0.5, 0.6) is 0 Å². The molecule has 2 atom stereocenters. The maximum atomic E-state index is 10.9. The molecule has 1 saturated heterocycles. The maximum absolute atomic E-state index is 10.9. The van der Waals surface area contributed by atoms with Crippen LogP contribution in [-0.2, 0) is 9.53 Å². The first kappa shape index (κ1) is 12.8. The van der Waals surface area contributed by atoms with Crippen molar-refractivity contribution in [2.75, 3.05) is 18.1 Å². The summed E-state index contributed by atoms with van der Waals surface area (Å²) in [6.45, 7) is 2.57. The van der Waals surface area contributed by atoms with Gasteiger partial charge in [0.05, 0.1) is 11.6 Å². The number of primary amides is 1. The number of hydrogen-bond acceptors (Lipinski definition) is 4. The van der Waals surface area contributed by atoms with Gasteiger partial charge in [0.25, 0.3) is 0 Å². The maximum Gasteiger partial charge on any atom is 0.237 e. The number of carbonyl (C=O) groups is 1. The van der Waals surface area contributed by atoms with Gasteiger partial charge < -0.3 is 16.2 Å². The number of nitrogens with two attached hydrogens (primary N) is 2. The van der Waals surface area contributed by atoms with Gasteiger partial charge >= 0.3 is 0 Å². The molecule has 1 amide bonds. The van der Waals surface area contributed by atoms with Gasteiger partial charge in [0, 0.05) is 12.4 Å². The molecule has 0 radical (unpaired) electrons. The van der Waals surface area contributed by atoms with Crippen LogP contribution in [-0.4, -0.2) is 35.7 Å². The third-order valence-corrected chi connectivity index (χ3v) is 3.76. The van der Waals surface area contributed by atoms with Crippen LogP contribution in [0.3, 0.4) is 0 Å². The molecule has 88 valence electrons. The zero-order valence-electron chi connectivity index (χ0n) is 9.20. The molecule has 2 unspecified atom stereocenters. The first-order valence-corrected chi connectivity index (χ1v) is 6.46. The Labute approximate surface area is 95.1 Å². The minimum atomic E-state index is -0.871. The number of amides is 1. The fourth-order valence-corrected chi connectivity index (χ4v) is 2.66. The highest BCUT2D eigenvalue weighted by atomic mass is 32.2. The van der Waals surface area contributed by atoms with Crippen LogP contribution in [0.25, 0.3) is 0 Å². The molecule has 0 aliphatic carbocycles. The van der Waals surface area contributed by atoms with E-state index in [4.69, 9.17) is 16.2 Å². The van der Waals surface area contributed by atoms with Gasteiger partial charge in [-0.1, -0.05) is 0 Å². The van der Waals surface area contributed by atoms with Crippen molar-refractivity contribution in [1.82, 2.24) is 0 Å². The van der Waals surface area contributed by atoms with Crippen molar-refractivity contribution in [3.8, 4) is 0 Å². The zero-order chi connectivity index (χ0) is 11.3. The third-order valence-electron chi connectivity index (χ3n) is 2.66. The summed E-state index contributed by atoms with van der Waals surface area (Å²) in [5.41, 5.74) is 10.0. The van der Waals surface area contributed by atoms with Gasteiger partial charge in [-0.2, -0.15) is 11.8 Å². The Morgan fingerprint density at radius 1 is 1.67 bits per heavy atom. The van der Waals surface area contributed by atoms with Crippen molar-refractivity contribution >= 4 is 17.7 Å². The van der Waals surface area contributed by atoms with E-state index in [9.17, 15) is 4.79 Å². The Morgan fingerprint density at radius 3 is 2.93 bits per heavy atom. The average Bonchev–Trinajstić information content (AvgIpc) is 2.64. The quantitative estimate of drug-likeness (QED) is 0.653. The molecule has 0 bridgehead atoms. The molecule has 0 aromatic carbocycles. The lowest BCUT2D eigenvalue weighted by Crippen LogP contribution is -2.49. The summed E-state index contributed by atoms with van der Waals surface area (Å²) in [6.07, 6.45) is 3.34. The van der Waals surface area contributed by atoms with E-state index >= 15 is 0 Å². The van der Waals surface area contributed by atoms with Crippen LogP contribution >= 0.6 is 11.8 Å². The summed E-state index contributed by atoms with van der Waals surface area (Å²) in [7, 11) is 0. The second kappa shape index (κ2) is 5.72. The monoisotopic (exact) mass is 232 g/mol. The standard InChI is InChI=1S/C10H20N2O2S/c1-10(12,9(11)13)4-6-15-7-8-3-2-5-14-8/h8H,2-7,12H2,1H3,(H2,11,13). The molecule has 1 heterocycles. The first-order valence-electron chi connectivity index (χ1n) is 5.30. The van der Waals surface area contributed by atoms with Crippen LogP contribution < -0.4 is 11.5 Å². The number of thioether (sulfide) groups is 1. The Morgan fingerprint density at radius 2 is 2.40 bits per heavy atom. The fourth-order valence-electron chi connectivity index (χ4n) is 1.40. The van der Waals surface area contributed by atoms with Crippen LogP contribution in [0.4, 0.5) is 0 Å². The molecule has 1 rings (SSSR count). The largest absolute Gasteiger partial charge is 0.377 e. The smallest absolute Gasteiger partial charge is 0.237 e. The molecule has 1 aliphatic heterocycles. The summed E-state index contributed by atoms with van der Waals surface area (Å²) < 4.78 is 5.49. The Hall–Kier alpha value is -0.260. The van der Waals surface area contributed by atoms with Crippen molar-refractivity contribution in [2.45, 2.75) is 37.8 Å². The second-order valence-electron chi connectivity index (χ2n) is 4.24. The summed E-state index contributed by atoms with van der Waals surface area (Å²) in [5.74, 6) is 1.42. The van der Waals surface area contributed by atoms with E-state index in [1.54, 1.807) is 18.7 Å². The molecule has 0 aromatic heterocycles. The van der Waals surface area contributed by atoms with Crippen LogP contribution in [0.1, 0.15) is 26.2 Å². The predicted molar refractivity (Wildman–Crippen MR) is 62.7 cm³/mol. The molecule has 1 fully saturated rings. The van der Waals surface area contributed by atoms with E-state index in [2.05, 4.69) is 0 Å². The SMILES string of the molecule is CC(N)(CCSCC1CCCO1)C(N)=O. The molecule has 0 spiro atoms. The highest BCUT2D eigenvalue weighted by Gasteiger charge is 2.25. The minimum absolute atomic E-state index is 0.396. The van der Waals surface area contributed by atoms with E-state index in [1.807, 2.05) is 0 Å². The number of carbonyl (C=O) groups excluding carboxylic acids is 1. The van der Waals surface area contributed by atoms with E-state index < -0.39 is 11.4 Å². The molecule has 15 heavy (non-hydrogen) atoms. The van der Waals surface area contributed by atoms with Crippen molar-refractivity contribution in [3.05, 3.63) is 0 Å². The predicted octanol–water partition coefficient (Wildman–Crippen LogP) is 0.491. The summed E-state index contributed by atoms with van der Waals surface area (Å²) in [6, 6.07) is 0.